The molecule has 0 aromatic carbocycles. The van der Waals surface area contributed by atoms with E-state index in [1.54, 1.807) is 5.57 Å². The van der Waals surface area contributed by atoms with Gasteiger partial charge in [0.15, 0.2) is 0 Å². The Balaban J connectivity index is 1.55. The molecule has 0 atom stereocenters. The van der Waals surface area contributed by atoms with Crippen LogP contribution >= 0.6 is 0 Å². The maximum Gasteiger partial charge on any atom is -0.0317 e. The van der Waals surface area contributed by atoms with Crippen LogP contribution in [0.25, 0.3) is 0 Å². The van der Waals surface area contributed by atoms with Gasteiger partial charge in [-0.3, -0.25) is 0 Å². The first-order chi connectivity index (χ1) is 5.95. The fourth-order valence-electron chi connectivity index (χ4n) is 2.36. The predicted octanol–water partition coefficient (Wildman–Crippen LogP) is 4.07. The van der Waals surface area contributed by atoms with Crippen molar-refractivity contribution in [3.05, 3.63) is 11.6 Å². The van der Waals surface area contributed by atoms with Gasteiger partial charge in [0.1, 0.15) is 0 Å². The molecule has 2 rings (SSSR count). The predicted molar refractivity (Wildman–Crippen MR) is 53.1 cm³/mol. The zero-order chi connectivity index (χ0) is 8.23. The molecule has 1 saturated carbocycles. The summed E-state index contributed by atoms with van der Waals surface area (Å²) in [6, 6.07) is 0. The van der Waals surface area contributed by atoms with Crippen LogP contribution < -0.4 is 0 Å². The first-order valence-electron chi connectivity index (χ1n) is 5.63. The monoisotopic (exact) mass is 164 g/mol. The average Bonchev–Trinajstić information content (AvgIpc) is 2.46. The SMILES string of the molecule is C1=C(CCCC2CCC2)CCC1. The Bertz CT molecular complexity index is 163. The Kier molecular flexibility index (Phi) is 2.86. The number of allylic oxidation sites excluding steroid dienone is 2. The Labute approximate surface area is 76.1 Å². The van der Waals surface area contributed by atoms with E-state index in [0.29, 0.717) is 0 Å². The van der Waals surface area contributed by atoms with Gasteiger partial charge in [-0.1, -0.05) is 37.3 Å². The third-order valence-corrected chi connectivity index (χ3v) is 3.47. The molecule has 0 bridgehead atoms. The summed E-state index contributed by atoms with van der Waals surface area (Å²) in [6.45, 7) is 0. The average molecular weight is 164 g/mol. The van der Waals surface area contributed by atoms with Crippen LogP contribution in [0.1, 0.15) is 57.8 Å². The fourth-order valence-corrected chi connectivity index (χ4v) is 2.36. The van der Waals surface area contributed by atoms with Crippen molar-refractivity contribution < 1.29 is 0 Å². The molecule has 0 N–H and O–H groups in total. The fraction of sp³-hybridized carbons (Fsp3) is 0.833. The second kappa shape index (κ2) is 4.11. The lowest BCUT2D eigenvalue weighted by Crippen LogP contribution is -2.10. The van der Waals surface area contributed by atoms with E-state index in [2.05, 4.69) is 6.08 Å². The van der Waals surface area contributed by atoms with Crippen molar-refractivity contribution in [1.29, 1.82) is 0 Å². The topological polar surface area (TPSA) is 0 Å². The van der Waals surface area contributed by atoms with Crippen molar-refractivity contribution in [3.63, 3.8) is 0 Å². The summed E-state index contributed by atoms with van der Waals surface area (Å²) in [5.74, 6) is 1.12. The van der Waals surface area contributed by atoms with Crippen LogP contribution in [0.3, 0.4) is 0 Å². The van der Waals surface area contributed by atoms with E-state index in [0.717, 1.165) is 5.92 Å². The van der Waals surface area contributed by atoms with Crippen LogP contribution in [0.4, 0.5) is 0 Å². The van der Waals surface area contributed by atoms with Crippen molar-refractivity contribution in [2.45, 2.75) is 57.8 Å². The first-order valence-corrected chi connectivity index (χ1v) is 5.63. The summed E-state index contributed by atoms with van der Waals surface area (Å²) < 4.78 is 0. The molecule has 2 aliphatic rings. The van der Waals surface area contributed by atoms with Crippen LogP contribution in [0, 0.1) is 5.92 Å². The van der Waals surface area contributed by atoms with E-state index < -0.39 is 0 Å². The molecule has 0 amide bonds. The van der Waals surface area contributed by atoms with E-state index in [-0.39, 0.29) is 0 Å². The summed E-state index contributed by atoms with van der Waals surface area (Å²) in [5, 5.41) is 0. The van der Waals surface area contributed by atoms with Gasteiger partial charge in [-0.25, -0.2) is 0 Å². The molecule has 0 aromatic heterocycles. The lowest BCUT2D eigenvalue weighted by atomic mass is 9.81. The minimum Gasteiger partial charge on any atom is -0.0853 e. The summed E-state index contributed by atoms with van der Waals surface area (Å²) in [6.07, 6.45) is 15.6. The summed E-state index contributed by atoms with van der Waals surface area (Å²) in [4.78, 5) is 0. The number of rotatable bonds is 4. The van der Waals surface area contributed by atoms with Gasteiger partial charge >= 0.3 is 0 Å². The van der Waals surface area contributed by atoms with Gasteiger partial charge in [-0.15, -0.1) is 0 Å². The zero-order valence-corrected chi connectivity index (χ0v) is 8.02. The van der Waals surface area contributed by atoms with E-state index in [1.807, 2.05) is 0 Å². The van der Waals surface area contributed by atoms with Crippen molar-refractivity contribution >= 4 is 0 Å². The Morgan fingerprint density at radius 2 is 2.17 bits per heavy atom. The quantitative estimate of drug-likeness (QED) is 0.549. The number of hydrogen-bond acceptors (Lipinski definition) is 0. The molecule has 2 aliphatic carbocycles. The highest BCUT2D eigenvalue weighted by Crippen LogP contribution is 2.32. The van der Waals surface area contributed by atoms with E-state index in [1.165, 1.54) is 57.8 Å². The molecule has 1 fully saturated rings. The molecule has 68 valence electrons. The minimum atomic E-state index is 1.12. The lowest BCUT2D eigenvalue weighted by molar-refractivity contribution is 0.290. The molecular weight excluding hydrogens is 144 g/mol. The molecule has 12 heavy (non-hydrogen) atoms. The van der Waals surface area contributed by atoms with Gasteiger partial charge in [0, 0.05) is 0 Å². The lowest BCUT2D eigenvalue weighted by Gasteiger charge is -2.25. The van der Waals surface area contributed by atoms with Crippen LogP contribution in [0.2, 0.25) is 0 Å². The van der Waals surface area contributed by atoms with E-state index in [4.69, 9.17) is 0 Å². The van der Waals surface area contributed by atoms with Crippen molar-refractivity contribution in [2.24, 2.45) is 5.92 Å². The molecule has 0 radical (unpaired) electrons. The maximum absolute atomic E-state index is 2.47. The second-order valence-electron chi connectivity index (χ2n) is 4.44. The third kappa shape index (κ3) is 2.12. The second-order valence-corrected chi connectivity index (χ2v) is 4.44. The molecule has 0 heterocycles. The van der Waals surface area contributed by atoms with Crippen LogP contribution in [0.15, 0.2) is 11.6 Å². The van der Waals surface area contributed by atoms with Crippen LogP contribution in [-0.2, 0) is 0 Å². The summed E-state index contributed by atoms with van der Waals surface area (Å²) in [5.41, 5.74) is 1.76. The molecule has 0 aliphatic heterocycles. The first kappa shape index (κ1) is 8.34. The van der Waals surface area contributed by atoms with E-state index >= 15 is 0 Å². The highest BCUT2D eigenvalue weighted by molar-refractivity contribution is 5.07. The minimum absolute atomic E-state index is 1.12. The van der Waals surface area contributed by atoms with Crippen LogP contribution in [0.5, 0.6) is 0 Å². The number of hydrogen-bond donors (Lipinski definition) is 0. The van der Waals surface area contributed by atoms with E-state index in [9.17, 15) is 0 Å². The van der Waals surface area contributed by atoms with Gasteiger partial charge in [0.05, 0.1) is 0 Å². The molecule has 0 spiro atoms. The Morgan fingerprint density at radius 3 is 2.75 bits per heavy atom. The largest absolute Gasteiger partial charge is 0.0853 e. The highest BCUT2D eigenvalue weighted by atomic mass is 14.2. The molecule has 0 saturated heterocycles. The van der Waals surface area contributed by atoms with Gasteiger partial charge in [0.25, 0.3) is 0 Å². The molecular formula is C12H20. The van der Waals surface area contributed by atoms with Gasteiger partial charge in [0.2, 0.25) is 0 Å². The van der Waals surface area contributed by atoms with Gasteiger partial charge < -0.3 is 0 Å². The normalized spacial score (nSPS) is 23.8. The van der Waals surface area contributed by atoms with Gasteiger partial charge in [-0.2, -0.15) is 0 Å². The van der Waals surface area contributed by atoms with Crippen molar-refractivity contribution in [3.8, 4) is 0 Å². The Hall–Kier alpha value is -0.260. The maximum atomic E-state index is 2.47. The summed E-state index contributed by atoms with van der Waals surface area (Å²) >= 11 is 0. The molecule has 0 nitrogen and oxygen atoms in total. The summed E-state index contributed by atoms with van der Waals surface area (Å²) in [7, 11) is 0. The third-order valence-electron chi connectivity index (χ3n) is 3.47. The standard InChI is InChI=1S/C12H20/c1-2-6-11(5-1)7-3-8-12-9-4-10-12/h5,12H,1-4,6-10H2. The van der Waals surface area contributed by atoms with Crippen molar-refractivity contribution in [2.75, 3.05) is 0 Å². The molecule has 0 heteroatoms. The zero-order valence-electron chi connectivity index (χ0n) is 8.02. The van der Waals surface area contributed by atoms with Crippen LogP contribution in [-0.4, -0.2) is 0 Å². The smallest absolute Gasteiger partial charge is 0.0317 e. The van der Waals surface area contributed by atoms with Gasteiger partial charge in [-0.05, 0) is 38.0 Å². The Morgan fingerprint density at radius 1 is 1.25 bits per heavy atom. The molecule has 0 unspecified atom stereocenters. The van der Waals surface area contributed by atoms with Crippen molar-refractivity contribution in [1.82, 2.24) is 0 Å². The molecule has 0 aromatic rings. The highest BCUT2D eigenvalue weighted by Gasteiger charge is 2.16.